The molecule has 116 valence electrons. The van der Waals surface area contributed by atoms with Crippen molar-refractivity contribution in [3.8, 4) is 5.75 Å². The van der Waals surface area contributed by atoms with Crippen molar-refractivity contribution in [2.24, 2.45) is 0 Å². The highest BCUT2D eigenvalue weighted by Gasteiger charge is 2.16. The molecule has 0 fully saturated rings. The largest absolute Gasteiger partial charge is 0.482 e. The Labute approximate surface area is 128 Å². The van der Waals surface area contributed by atoms with Gasteiger partial charge in [-0.25, -0.2) is 4.79 Å². The molecule has 0 bridgehead atoms. The summed E-state index contributed by atoms with van der Waals surface area (Å²) in [6, 6.07) is 10.6. The molecule has 22 heavy (non-hydrogen) atoms. The molecule has 1 atom stereocenters. The summed E-state index contributed by atoms with van der Waals surface area (Å²) in [5, 5.41) is 13.6. The third-order valence-electron chi connectivity index (χ3n) is 3.48. The molecule has 2 N–H and O–H groups in total. The van der Waals surface area contributed by atoms with Crippen molar-refractivity contribution in [3.63, 3.8) is 0 Å². The van der Waals surface area contributed by atoms with Gasteiger partial charge in [0.25, 0.3) is 5.91 Å². The van der Waals surface area contributed by atoms with Gasteiger partial charge in [0.15, 0.2) is 6.61 Å². The first kappa shape index (κ1) is 15.8. The molecule has 0 aromatic heterocycles. The fourth-order valence-corrected chi connectivity index (χ4v) is 2.12. The van der Waals surface area contributed by atoms with Crippen LogP contribution in [0.15, 0.2) is 36.4 Å². The molecule has 0 saturated heterocycles. The van der Waals surface area contributed by atoms with Gasteiger partial charge in [-0.05, 0) is 24.8 Å². The number of amides is 1. The first-order valence-electron chi connectivity index (χ1n) is 7.20. The maximum atomic E-state index is 11.8. The van der Waals surface area contributed by atoms with Crippen LogP contribution in [0.4, 0.5) is 0 Å². The van der Waals surface area contributed by atoms with Crippen molar-refractivity contribution in [2.75, 3.05) is 6.61 Å². The van der Waals surface area contributed by atoms with Gasteiger partial charge in [-0.1, -0.05) is 37.3 Å². The average molecular weight is 301 g/mol. The van der Waals surface area contributed by atoms with E-state index < -0.39 is 5.97 Å². The van der Waals surface area contributed by atoms with Crippen molar-refractivity contribution >= 4 is 22.6 Å². The number of carbonyl (C=O) groups excluding carboxylic acids is 1. The number of hydrogen-bond donors (Lipinski definition) is 2. The molecule has 0 unspecified atom stereocenters. The van der Waals surface area contributed by atoms with Crippen LogP contribution < -0.4 is 10.1 Å². The van der Waals surface area contributed by atoms with E-state index in [9.17, 15) is 14.7 Å². The van der Waals surface area contributed by atoms with Gasteiger partial charge in [-0.15, -0.1) is 0 Å². The second-order valence-electron chi connectivity index (χ2n) is 5.13. The third-order valence-corrected chi connectivity index (χ3v) is 3.48. The minimum absolute atomic E-state index is 0.0510. The Hall–Kier alpha value is -2.56. The molecule has 0 radical (unpaired) electrons. The number of carboxylic acid groups (broad SMARTS) is 1. The predicted octanol–water partition coefficient (Wildman–Crippen LogP) is 2.83. The molecule has 0 aliphatic heterocycles. The molecule has 2 aromatic rings. The quantitative estimate of drug-likeness (QED) is 0.860. The highest BCUT2D eigenvalue weighted by atomic mass is 16.5. The van der Waals surface area contributed by atoms with Gasteiger partial charge < -0.3 is 15.2 Å². The van der Waals surface area contributed by atoms with Gasteiger partial charge in [-0.2, -0.15) is 0 Å². The van der Waals surface area contributed by atoms with Crippen molar-refractivity contribution < 1.29 is 19.4 Å². The number of hydrogen-bond acceptors (Lipinski definition) is 3. The number of fused-ring (bicyclic) bond motifs is 1. The van der Waals surface area contributed by atoms with E-state index in [1.807, 2.05) is 26.0 Å². The number of benzene rings is 2. The Balaban J connectivity index is 2.27. The van der Waals surface area contributed by atoms with E-state index in [-0.39, 0.29) is 29.9 Å². The summed E-state index contributed by atoms with van der Waals surface area (Å²) in [6.07, 6.45) is 0.820. The van der Waals surface area contributed by atoms with Gasteiger partial charge in [-0.3, -0.25) is 4.79 Å². The zero-order valence-electron chi connectivity index (χ0n) is 12.6. The van der Waals surface area contributed by atoms with Gasteiger partial charge in [0.05, 0.1) is 0 Å². The van der Waals surface area contributed by atoms with E-state index >= 15 is 0 Å². The summed E-state index contributed by atoms with van der Waals surface area (Å²) in [5.41, 5.74) is 0.0510. The lowest BCUT2D eigenvalue weighted by atomic mass is 10.1. The van der Waals surface area contributed by atoms with Crippen LogP contribution in [0.3, 0.4) is 0 Å². The van der Waals surface area contributed by atoms with Crippen LogP contribution in [0.5, 0.6) is 5.75 Å². The maximum absolute atomic E-state index is 11.8. The Morgan fingerprint density at radius 2 is 1.95 bits per heavy atom. The molecule has 0 spiro atoms. The van der Waals surface area contributed by atoms with E-state index in [0.29, 0.717) is 5.39 Å². The standard InChI is InChI=1S/C17H19NO4/c1-3-11(2)18-15(19)10-22-16-13-7-5-4-6-12(13)8-9-14(16)17(20)21/h4-9,11H,3,10H2,1-2H3,(H,18,19)(H,20,21)/t11-/m1/s1. The van der Waals surface area contributed by atoms with Gasteiger partial charge >= 0.3 is 5.97 Å². The first-order chi connectivity index (χ1) is 10.5. The monoisotopic (exact) mass is 301 g/mol. The minimum atomic E-state index is -1.08. The van der Waals surface area contributed by atoms with Crippen LogP contribution in [-0.4, -0.2) is 29.6 Å². The minimum Gasteiger partial charge on any atom is -0.482 e. The summed E-state index contributed by atoms with van der Waals surface area (Å²) in [5.74, 6) is -1.12. The molecule has 0 aliphatic rings. The highest BCUT2D eigenvalue weighted by Crippen LogP contribution is 2.29. The van der Waals surface area contributed by atoms with Crippen LogP contribution in [0.25, 0.3) is 10.8 Å². The van der Waals surface area contributed by atoms with Crippen molar-refractivity contribution in [2.45, 2.75) is 26.3 Å². The molecule has 2 aromatic carbocycles. The van der Waals surface area contributed by atoms with Gasteiger partial charge in [0, 0.05) is 11.4 Å². The van der Waals surface area contributed by atoms with Crippen LogP contribution >= 0.6 is 0 Å². The summed E-state index contributed by atoms with van der Waals surface area (Å²) >= 11 is 0. The lowest BCUT2D eigenvalue weighted by molar-refractivity contribution is -0.123. The number of carbonyl (C=O) groups is 2. The summed E-state index contributed by atoms with van der Waals surface area (Å²) in [4.78, 5) is 23.2. The van der Waals surface area contributed by atoms with Crippen molar-refractivity contribution in [3.05, 3.63) is 42.0 Å². The van der Waals surface area contributed by atoms with Crippen molar-refractivity contribution in [1.82, 2.24) is 5.32 Å². The second kappa shape index (κ2) is 6.93. The van der Waals surface area contributed by atoms with E-state index in [4.69, 9.17) is 4.74 Å². The Kier molecular flexibility index (Phi) is 4.99. The van der Waals surface area contributed by atoms with E-state index in [0.717, 1.165) is 11.8 Å². The molecule has 0 saturated carbocycles. The van der Waals surface area contributed by atoms with Crippen LogP contribution in [-0.2, 0) is 4.79 Å². The summed E-state index contributed by atoms with van der Waals surface area (Å²) < 4.78 is 5.53. The highest BCUT2D eigenvalue weighted by molar-refractivity contribution is 6.00. The predicted molar refractivity (Wildman–Crippen MR) is 84.3 cm³/mol. The lowest BCUT2D eigenvalue weighted by Crippen LogP contribution is -2.35. The second-order valence-corrected chi connectivity index (χ2v) is 5.13. The molecule has 5 nitrogen and oxygen atoms in total. The number of ether oxygens (including phenoxy) is 1. The van der Waals surface area contributed by atoms with E-state index in [1.165, 1.54) is 6.07 Å². The third kappa shape index (κ3) is 3.55. The van der Waals surface area contributed by atoms with Gasteiger partial charge in [0.1, 0.15) is 11.3 Å². The first-order valence-corrected chi connectivity index (χ1v) is 7.20. The Morgan fingerprint density at radius 1 is 1.23 bits per heavy atom. The molecule has 0 aliphatic carbocycles. The molecule has 1 amide bonds. The Morgan fingerprint density at radius 3 is 2.64 bits per heavy atom. The molecule has 0 heterocycles. The van der Waals surface area contributed by atoms with Crippen molar-refractivity contribution in [1.29, 1.82) is 0 Å². The average Bonchev–Trinajstić information content (AvgIpc) is 2.51. The molecular formula is C17H19NO4. The number of aromatic carboxylic acids is 1. The van der Waals surface area contributed by atoms with Crippen LogP contribution in [0, 0.1) is 0 Å². The van der Waals surface area contributed by atoms with Gasteiger partial charge in [0.2, 0.25) is 0 Å². The lowest BCUT2D eigenvalue weighted by Gasteiger charge is -2.14. The number of rotatable bonds is 6. The topological polar surface area (TPSA) is 75.6 Å². The maximum Gasteiger partial charge on any atom is 0.339 e. The molecule has 5 heteroatoms. The van der Waals surface area contributed by atoms with E-state index in [1.54, 1.807) is 18.2 Å². The molecule has 2 rings (SSSR count). The van der Waals surface area contributed by atoms with E-state index in [2.05, 4.69) is 5.32 Å². The smallest absolute Gasteiger partial charge is 0.339 e. The SMILES string of the molecule is CC[C@@H](C)NC(=O)COc1c(C(=O)O)ccc2ccccc12. The van der Waals surface area contributed by atoms with Crippen LogP contribution in [0.2, 0.25) is 0 Å². The number of carboxylic acids is 1. The summed E-state index contributed by atoms with van der Waals surface area (Å²) in [6.45, 7) is 3.66. The Bertz CT molecular complexity index is 696. The summed E-state index contributed by atoms with van der Waals surface area (Å²) in [7, 11) is 0. The zero-order chi connectivity index (χ0) is 16.1. The fraction of sp³-hybridized carbons (Fsp3) is 0.294. The zero-order valence-corrected chi connectivity index (χ0v) is 12.6. The molecular weight excluding hydrogens is 282 g/mol. The normalized spacial score (nSPS) is 11.9. The number of nitrogens with one attached hydrogen (secondary N) is 1. The fourth-order valence-electron chi connectivity index (χ4n) is 2.12. The van der Waals surface area contributed by atoms with Crippen LogP contribution in [0.1, 0.15) is 30.6 Å².